The van der Waals surface area contributed by atoms with Gasteiger partial charge < -0.3 is 15.2 Å². The maximum atomic E-state index is 11.6. The number of hydrogen-bond acceptors (Lipinski definition) is 4. The van der Waals surface area contributed by atoms with Crippen molar-refractivity contribution in [1.29, 1.82) is 0 Å². The fraction of sp³-hybridized carbons (Fsp3) is 0.533. The Balaban J connectivity index is 1.90. The normalized spacial score (nSPS) is 22.4. The van der Waals surface area contributed by atoms with E-state index in [-0.39, 0.29) is 12.1 Å². The average molecular weight is 263 g/mol. The summed E-state index contributed by atoms with van der Waals surface area (Å²) in [7, 11) is 1.39. The van der Waals surface area contributed by atoms with Crippen molar-refractivity contribution in [3.05, 3.63) is 35.4 Å². The van der Waals surface area contributed by atoms with Crippen molar-refractivity contribution >= 4 is 5.97 Å². The van der Waals surface area contributed by atoms with Crippen LogP contribution in [0.25, 0.3) is 0 Å². The Morgan fingerprint density at radius 1 is 1.42 bits per heavy atom. The van der Waals surface area contributed by atoms with E-state index in [2.05, 4.69) is 5.32 Å². The molecule has 2 rings (SSSR count). The van der Waals surface area contributed by atoms with Gasteiger partial charge in [0.15, 0.2) is 0 Å². The number of carbonyl (C=O) groups excluding carboxylic acids is 1. The van der Waals surface area contributed by atoms with Crippen LogP contribution >= 0.6 is 0 Å². The maximum Gasteiger partial charge on any atom is 0.338 e. The standard InChI is InChI=1S/C15H21NO3/c1-19-15(18)13-7-3-2-5-11(13)9-16-10-12-6-4-8-14(12)17/h2-3,5,7,12,14,16-17H,4,6,8-10H2,1H3. The van der Waals surface area contributed by atoms with E-state index in [0.717, 1.165) is 31.4 Å². The van der Waals surface area contributed by atoms with Crippen molar-refractivity contribution < 1.29 is 14.6 Å². The highest BCUT2D eigenvalue weighted by atomic mass is 16.5. The first-order valence-electron chi connectivity index (χ1n) is 6.77. The minimum Gasteiger partial charge on any atom is -0.465 e. The Morgan fingerprint density at radius 3 is 2.89 bits per heavy atom. The fourth-order valence-electron chi connectivity index (χ4n) is 2.63. The quantitative estimate of drug-likeness (QED) is 0.794. The zero-order valence-electron chi connectivity index (χ0n) is 11.3. The SMILES string of the molecule is COC(=O)c1ccccc1CNCC1CCCC1O. The van der Waals surface area contributed by atoms with E-state index in [4.69, 9.17) is 4.74 Å². The van der Waals surface area contributed by atoms with Crippen LogP contribution in [0.2, 0.25) is 0 Å². The number of nitrogens with one attached hydrogen (secondary N) is 1. The minimum atomic E-state index is -0.307. The van der Waals surface area contributed by atoms with E-state index in [1.807, 2.05) is 18.2 Å². The predicted molar refractivity (Wildman–Crippen MR) is 72.8 cm³/mol. The highest BCUT2D eigenvalue weighted by Gasteiger charge is 2.24. The summed E-state index contributed by atoms with van der Waals surface area (Å²) in [4.78, 5) is 11.6. The van der Waals surface area contributed by atoms with E-state index >= 15 is 0 Å². The number of methoxy groups -OCH3 is 1. The van der Waals surface area contributed by atoms with Crippen LogP contribution in [0.1, 0.15) is 35.2 Å². The number of aliphatic hydroxyl groups is 1. The number of benzene rings is 1. The molecule has 1 aromatic carbocycles. The summed E-state index contributed by atoms with van der Waals surface area (Å²) < 4.78 is 4.77. The molecule has 0 bridgehead atoms. The lowest BCUT2D eigenvalue weighted by Crippen LogP contribution is -2.28. The molecule has 19 heavy (non-hydrogen) atoms. The van der Waals surface area contributed by atoms with Gasteiger partial charge in [-0.05, 0) is 30.4 Å². The monoisotopic (exact) mass is 263 g/mol. The van der Waals surface area contributed by atoms with Crippen molar-refractivity contribution in [2.75, 3.05) is 13.7 Å². The van der Waals surface area contributed by atoms with E-state index < -0.39 is 0 Å². The zero-order valence-corrected chi connectivity index (χ0v) is 11.3. The van der Waals surface area contributed by atoms with Gasteiger partial charge in [-0.25, -0.2) is 4.79 Å². The lowest BCUT2D eigenvalue weighted by Gasteiger charge is -2.15. The summed E-state index contributed by atoms with van der Waals surface area (Å²) in [5.41, 5.74) is 1.53. The molecule has 2 N–H and O–H groups in total. The van der Waals surface area contributed by atoms with Crippen molar-refractivity contribution in [2.45, 2.75) is 31.9 Å². The van der Waals surface area contributed by atoms with Gasteiger partial charge in [0.1, 0.15) is 0 Å². The predicted octanol–water partition coefficient (Wildman–Crippen LogP) is 1.72. The second kappa shape index (κ2) is 6.68. The Bertz CT molecular complexity index is 433. The van der Waals surface area contributed by atoms with Crippen LogP contribution in [-0.4, -0.2) is 30.8 Å². The molecular formula is C15H21NO3. The van der Waals surface area contributed by atoms with Crippen molar-refractivity contribution in [3.63, 3.8) is 0 Å². The maximum absolute atomic E-state index is 11.6. The molecule has 2 atom stereocenters. The third-order valence-corrected chi connectivity index (χ3v) is 3.76. The minimum absolute atomic E-state index is 0.177. The summed E-state index contributed by atoms with van der Waals surface area (Å²) in [5, 5.41) is 13.1. The molecule has 0 amide bonds. The fourth-order valence-corrected chi connectivity index (χ4v) is 2.63. The average Bonchev–Trinajstić information content (AvgIpc) is 2.84. The van der Waals surface area contributed by atoms with Gasteiger partial charge in [-0.3, -0.25) is 0 Å². The number of hydrogen-bond donors (Lipinski definition) is 2. The van der Waals surface area contributed by atoms with Crippen LogP contribution in [0.3, 0.4) is 0 Å². The second-order valence-corrected chi connectivity index (χ2v) is 5.04. The molecule has 0 spiro atoms. The van der Waals surface area contributed by atoms with Crippen molar-refractivity contribution in [2.24, 2.45) is 5.92 Å². The molecule has 1 saturated carbocycles. The molecular weight excluding hydrogens is 242 g/mol. The first-order chi connectivity index (χ1) is 9.22. The molecule has 2 unspecified atom stereocenters. The molecule has 1 fully saturated rings. The molecule has 1 aliphatic rings. The molecule has 0 radical (unpaired) electrons. The van der Waals surface area contributed by atoms with Crippen molar-refractivity contribution in [1.82, 2.24) is 5.32 Å². The van der Waals surface area contributed by atoms with Gasteiger partial charge in [0.05, 0.1) is 18.8 Å². The Morgan fingerprint density at radius 2 is 2.21 bits per heavy atom. The smallest absolute Gasteiger partial charge is 0.338 e. The molecule has 104 valence electrons. The number of aliphatic hydroxyl groups excluding tert-OH is 1. The molecule has 1 aromatic rings. The number of ether oxygens (including phenoxy) is 1. The van der Waals surface area contributed by atoms with Gasteiger partial charge >= 0.3 is 5.97 Å². The van der Waals surface area contributed by atoms with Gasteiger partial charge in [-0.15, -0.1) is 0 Å². The summed E-state index contributed by atoms with van der Waals surface area (Å²) in [6.45, 7) is 1.41. The van der Waals surface area contributed by atoms with E-state index in [1.54, 1.807) is 6.07 Å². The molecule has 0 aliphatic heterocycles. The van der Waals surface area contributed by atoms with Gasteiger partial charge in [0.2, 0.25) is 0 Å². The third-order valence-electron chi connectivity index (χ3n) is 3.76. The molecule has 1 aliphatic carbocycles. The van der Waals surface area contributed by atoms with Crippen LogP contribution < -0.4 is 5.32 Å². The van der Waals surface area contributed by atoms with E-state index in [0.29, 0.717) is 18.0 Å². The Labute approximate surface area is 113 Å². The van der Waals surface area contributed by atoms with Crippen LogP contribution in [0, 0.1) is 5.92 Å². The van der Waals surface area contributed by atoms with Gasteiger partial charge in [0.25, 0.3) is 0 Å². The van der Waals surface area contributed by atoms with Crippen LogP contribution in [0.5, 0.6) is 0 Å². The number of carbonyl (C=O) groups is 1. The summed E-state index contributed by atoms with van der Waals surface area (Å²) in [6.07, 6.45) is 2.91. The summed E-state index contributed by atoms with van der Waals surface area (Å²) in [5.74, 6) is 0.0311. The zero-order chi connectivity index (χ0) is 13.7. The summed E-state index contributed by atoms with van der Waals surface area (Å²) in [6, 6.07) is 7.43. The van der Waals surface area contributed by atoms with E-state index in [9.17, 15) is 9.90 Å². The largest absolute Gasteiger partial charge is 0.465 e. The molecule has 4 heteroatoms. The first-order valence-corrected chi connectivity index (χ1v) is 6.77. The summed E-state index contributed by atoms with van der Waals surface area (Å²) >= 11 is 0. The van der Waals surface area contributed by atoms with Gasteiger partial charge in [0, 0.05) is 13.1 Å². The van der Waals surface area contributed by atoms with Crippen LogP contribution in [0.4, 0.5) is 0 Å². The lowest BCUT2D eigenvalue weighted by atomic mass is 10.0. The second-order valence-electron chi connectivity index (χ2n) is 5.04. The first kappa shape index (κ1) is 14.0. The number of rotatable bonds is 5. The molecule has 0 aromatic heterocycles. The van der Waals surface area contributed by atoms with Crippen LogP contribution in [-0.2, 0) is 11.3 Å². The highest BCUT2D eigenvalue weighted by molar-refractivity contribution is 5.90. The van der Waals surface area contributed by atoms with E-state index in [1.165, 1.54) is 7.11 Å². The number of esters is 1. The Kier molecular flexibility index (Phi) is 4.93. The molecule has 0 saturated heterocycles. The molecule has 0 heterocycles. The topological polar surface area (TPSA) is 58.6 Å². The third kappa shape index (κ3) is 3.55. The van der Waals surface area contributed by atoms with Gasteiger partial charge in [-0.1, -0.05) is 24.6 Å². The van der Waals surface area contributed by atoms with Gasteiger partial charge in [-0.2, -0.15) is 0 Å². The Hall–Kier alpha value is -1.39. The van der Waals surface area contributed by atoms with Crippen molar-refractivity contribution in [3.8, 4) is 0 Å². The molecule has 4 nitrogen and oxygen atoms in total. The lowest BCUT2D eigenvalue weighted by molar-refractivity contribution is 0.0599. The van der Waals surface area contributed by atoms with Crippen LogP contribution in [0.15, 0.2) is 24.3 Å². The highest BCUT2D eigenvalue weighted by Crippen LogP contribution is 2.24.